The Balaban J connectivity index is 1.20. The number of rotatable bonds is 5. The van der Waals surface area contributed by atoms with Gasteiger partial charge in [-0.2, -0.15) is 0 Å². The van der Waals surface area contributed by atoms with Gasteiger partial charge >= 0.3 is 0 Å². The highest BCUT2D eigenvalue weighted by molar-refractivity contribution is 7.26. The molecule has 0 atom stereocenters. The zero-order valence-corrected chi connectivity index (χ0v) is 46.7. The predicted molar refractivity (Wildman–Crippen MR) is 322 cm³/mol. The molecule has 368 valence electrons. The largest absolute Gasteiger partial charge is 0.311 e. The molecule has 0 saturated heterocycles. The van der Waals surface area contributed by atoms with Crippen LogP contribution in [0.3, 0.4) is 0 Å². The first-order valence-corrected chi connectivity index (χ1v) is 27.3. The molecule has 3 heterocycles. The number of nitrogens with zero attached hydrogens (tertiary/aromatic N) is 3. The van der Waals surface area contributed by atoms with Crippen LogP contribution in [0.15, 0.2) is 164 Å². The lowest BCUT2D eigenvalue weighted by Gasteiger charge is -2.45. The van der Waals surface area contributed by atoms with E-state index in [4.69, 9.17) is 0 Å². The summed E-state index contributed by atoms with van der Waals surface area (Å²) in [5.41, 5.74) is 21.5. The quantitative estimate of drug-likeness (QED) is 0.159. The van der Waals surface area contributed by atoms with Gasteiger partial charge in [0.05, 0.1) is 16.1 Å². The van der Waals surface area contributed by atoms with Crippen LogP contribution in [0.5, 0.6) is 0 Å². The van der Waals surface area contributed by atoms with E-state index in [0.29, 0.717) is 0 Å². The SMILES string of the molecule is CC(C)(C)c1ccc(N2c3ccc(C(C)(C)C)cc3B3c4cc(C(C)(C)C)ccc4N(c4ccc(N(c5ccc(C(C)(C)C)cc5)c5ccc(C(C)(C)C)cc5)c5sc6ccccc6c45)c4cccc2c43)cc1. The molecular weight excluding hydrogens is 902 g/mol. The zero-order chi connectivity index (χ0) is 51.7. The molecule has 0 spiro atoms. The smallest absolute Gasteiger partial charge is 0.252 e. The summed E-state index contributed by atoms with van der Waals surface area (Å²) in [5.74, 6) is 0. The fraction of sp³-hybridized carbons (Fsp3) is 0.294. The zero-order valence-electron chi connectivity index (χ0n) is 45.9. The molecular formula is C68H72BN3S. The standard InChI is InChI=1S/C68H72BN3S/c1-64(2,3)43-23-31-48(32-24-43)70(49-33-25-44(26-34-49)65(4,5)6)59-40-39-56(61-51-19-16-17-22-60(51)73-63(59)61)72-55-38-30-47(68(13,14)15)42-53(55)69-52-41-46(67(10,11)12)29-37-54(52)71(57-20-18-21-58(72)62(57)69)50-35-27-45(28-36-50)66(7,8)9/h16-42H,1-15H3. The van der Waals surface area contributed by atoms with Crippen molar-refractivity contribution in [3.63, 3.8) is 0 Å². The fourth-order valence-corrected chi connectivity index (χ4v) is 12.6. The number of thiophene rings is 1. The molecule has 2 aliphatic heterocycles. The van der Waals surface area contributed by atoms with Gasteiger partial charge in [0.25, 0.3) is 6.71 Å². The summed E-state index contributed by atoms with van der Waals surface area (Å²) in [6.45, 7) is 34.8. The maximum absolute atomic E-state index is 2.63. The van der Waals surface area contributed by atoms with Gasteiger partial charge in [0, 0.05) is 55.3 Å². The molecule has 5 heteroatoms. The number of benzene rings is 8. The van der Waals surface area contributed by atoms with Gasteiger partial charge < -0.3 is 14.7 Å². The van der Waals surface area contributed by atoms with Crippen molar-refractivity contribution in [2.24, 2.45) is 0 Å². The van der Waals surface area contributed by atoms with Gasteiger partial charge in [-0.1, -0.05) is 189 Å². The van der Waals surface area contributed by atoms with Gasteiger partial charge in [-0.05, 0) is 150 Å². The molecule has 0 fully saturated rings. The average molecular weight is 974 g/mol. The Labute approximate surface area is 440 Å². The Morgan fingerprint density at radius 1 is 0.384 bits per heavy atom. The van der Waals surface area contributed by atoms with Crippen LogP contribution in [-0.4, -0.2) is 6.71 Å². The fourth-order valence-electron chi connectivity index (χ4n) is 11.3. The highest BCUT2D eigenvalue weighted by Gasteiger charge is 2.44. The molecule has 73 heavy (non-hydrogen) atoms. The van der Waals surface area contributed by atoms with Crippen molar-refractivity contribution in [1.29, 1.82) is 0 Å². The van der Waals surface area contributed by atoms with Gasteiger partial charge in [-0.25, -0.2) is 0 Å². The average Bonchev–Trinajstić information content (AvgIpc) is 3.73. The van der Waals surface area contributed by atoms with Crippen LogP contribution in [0.4, 0.5) is 51.2 Å². The summed E-state index contributed by atoms with van der Waals surface area (Å²) in [4.78, 5) is 7.67. The van der Waals surface area contributed by atoms with E-state index in [-0.39, 0.29) is 33.8 Å². The first-order valence-electron chi connectivity index (χ1n) is 26.5. The third-order valence-electron chi connectivity index (χ3n) is 15.7. The van der Waals surface area contributed by atoms with Crippen LogP contribution < -0.4 is 31.1 Å². The molecule has 0 amide bonds. The van der Waals surface area contributed by atoms with Gasteiger partial charge in [-0.15, -0.1) is 11.3 Å². The molecule has 0 bridgehead atoms. The number of fused-ring (bicyclic) bond motifs is 7. The Morgan fingerprint density at radius 2 is 0.808 bits per heavy atom. The van der Waals surface area contributed by atoms with Crippen molar-refractivity contribution in [2.45, 2.75) is 131 Å². The van der Waals surface area contributed by atoms with Crippen LogP contribution in [0.25, 0.3) is 20.2 Å². The maximum atomic E-state index is 2.63. The second-order valence-electron chi connectivity index (χ2n) is 26.0. The predicted octanol–water partition coefficient (Wildman–Crippen LogP) is 18.1. The van der Waals surface area contributed by atoms with Crippen LogP contribution in [-0.2, 0) is 27.1 Å². The summed E-state index contributed by atoms with van der Waals surface area (Å²) >= 11 is 1.91. The van der Waals surface area contributed by atoms with Crippen molar-refractivity contribution in [1.82, 2.24) is 0 Å². The van der Waals surface area contributed by atoms with E-state index in [1.165, 1.54) is 104 Å². The Hall–Kier alpha value is -6.56. The van der Waals surface area contributed by atoms with Crippen molar-refractivity contribution >= 4 is 106 Å². The second kappa shape index (κ2) is 17.0. The van der Waals surface area contributed by atoms with Crippen molar-refractivity contribution in [3.8, 4) is 0 Å². The molecule has 0 saturated carbocycles. The molecule has 1 aromatic heterocycles. The molecule has 2 aliphatic rings. The molecule has 0 N–H and O–H groups in total. The molecule has 9 aromatic rings. The molecule has 0 aliphatic carbocycles. The Bertz CT molecular complexity index is 3530. The molecule has 3 nitrogen and oxygen atoms in total. The summed E-state index contributed by atoms with van der Waals surface area (Å²) in [7, 11) is 0. The molecule has 11 rings (SSSR count). The minimum absolute atomic E-state index is 0.0127. The Morgan fingerprint density at radius 3 is 1.30 bits per heavy atom. The topological polar surface area (TPSA) is 9.72 Å². The molecule has 0 radical (unpaired) electrons. The number of hydrogen-bond acceptors (Lipinski definition) is 4. The van der Waals surface area contributed by atoms with E-state index >= 15 is 0 Å². The summed E-state index contributed by atoms with van der Waals surface area (Å²) < 4.78 is 2.54. The second-order valence-corrected chi connectivity index (χ2v) is 27.0. The lowest BCUT2D eigenvalue weighted by Crippen LogP contribution is -2.61. The van der Waals surface area contributed by atoms with Gasteiger partial charge in [0.1, 0.15) is 0 Å². The van der Waals surface area contributed by atoms with Gasteiger partial charge in [-0.3, -0.25) is 0 Å². The minimum Gasteiger partial charge on any atom is -0.311 e. The minimum atomic E-state index is -0.0522. The van der Waals surface area contributed by atoms with Gasteiger partial charge in [0.2, 0.25) is 0 Å². The van der Waals surface area contributed by atoms with Gasteiger partial charge in [0.15, 0.2) is 0 Å². The highest BCUT2D eigenvalue weighted by atomic mass is 32.1. The highest BCUT2D eigenvalue weighted by Crippen LogP contribution is 2.53. The van der Waals surface area contributed by atoms with Crippen LogP contribution in [0.1, 0.15) is 132 Å². The third-order valence-corrected chi connectivity index (χ3v) is 16.9. The van der Waals surface area contributed by atoms with Crippen molar-refractivity contribution in [2.75, 3.05) is 14.7 Å². The first-order chi connectivity index (χ1) is 34.4. The van der Waals surface area contributed by atoms with Crippen LogP contribution in [0.2, 0.25) is 0 Å². The molecule has 8 aromatic carbocycles. The third kappa shape index (κ3) is 8.37. The maximum Gasteiger partial charge on any atom is 0.252 e. The Kier molecular flexibility index (Phi) is 11.3. The lowest BCUT2D eigenvalue weighted by molar-refractivity contribution is 0.590. The van der Waals surface area contributed by atoms with E-state index in [1.54, 1.807) is 0 Å². The van der Waals surface area contributed by atoms with E-state index < -0.39 is 0 Å². The number of hydrogen-bond donors (Lipinski definition) is 0. The van der Waals surface area contributed by atoms with E-state index in [9.17, 15) is 0 Å². The normalized spacial score (nSPS) is 13.9. The number of anilines is 9. The molecule has 0 unspecified atom stereocenters. The first kappa shape index (κ1) is 48.7. The van der Waals surface area contributed by atoms with E-state index in [2.05, 4.69) is 282 Å². The lowest BCUT2D eigenvalue weighted by atomic mass is 9.33. The van der Waals surface area contributed by atoms with Crippen LogP contribution in [0, 0.1) is 0 Å². The van der Waals surface area contributed by atoms with Crippen molar-refractivity contribution in [3.05, 3.63) is 192 Å². The van der Waals surface area contributed by atoms with Crippen molar-refractivity contribution < 1.29 is 0 Å². The summed E-state index contributed by atoms with van der Waals surface area (Å²) in [6, 6.07) is 63.5. The van der Waals surface area contributed by atoms with E-state index in [1.807, 2.05) is 11.3 Å². The summed E-state index contributed by atoms with van der Waals surface area (Å²) in [6.07, 6.45) is 0. The monoisotopic (exact) mass is 974 g/mol. The summed E-state index contributed by atoms with van der Waals surface area (Å²) in [5, 5.41) is 2.54. The van der Waals surface area contributed by atoms with E-state index in [0.717, 1.165) is 11.4 Å². The van der Waals surface area contributed by atoms with Crippen LogP contribution >= 0.6 is 11.3 Å².